The van der Waals surface area contributed by atoms with Gasteiger partial charge < -0.3 is 0 Å². The molecule has 1 saturated heterocycles. The molecule has 4 heteroatoms. The van der Waals surface area contributed by atoms with Crippen LogP contribution in [-0.4, -0.2) is 11.7 Å². The maximum Gasteiger partial charge on any atom is 0.238 e. The van der Waals surface area contributed by atoms with Crippen LogP contribution in [-0.2, 0) is 10.2 Å². The lowest BCUT2D eigenvalue weighted by Crippen LogP contribution is -2.27. The number of carbonyl (C=O) groups is 1. The van der Waals surface area contributed by atoms with E-state index in [9.17, 15) is 9.18 Å². The van der Waals surface area contributed by atoms with Crippen LogP contribution in [0.2, 0.25) is 0 Å². The lowest BCUT2D eigenvalue weighted by atomic mass is 9.86. The van der Waals surface area contributed by atoms with Crippen LogP contribution in [0.3, 0.4) is 0 Å². The highest BCUT2D eigenvalue weighted by Crippen LogP contribution is 2.42. The Hall–Kier alpha value is -1.81. The van der Waals surface area contributed by atoms with Crippen molar-refractivity contribution < 1.29 is 9.18 Å². The number of anilines is 1. The number of carbonyl (C=O) groups excluding carboxylic acids is 1. The normalized spacial score (nSPS) is 18.5. The fourth-order valence-electron chi connectivity index (χ4n) is 2.72. The lowest BCUT2D eigenvalue weighted by Gasteiger charge is -2.25. The van der Waals surface area contributed by atoms with Gasteiger partial charge in [0.25, 0.3) is 0 Å². The minimum absolute atomic E-state index is 0.0190. The second-order valence-electron chi connectivity index (χ2n) is 6.78. The van der Waals surface area contributed by atoms with Crippen LogP contribution in [0.1, 0.15) is 37.3 Å². The highest BCUT2D eigenvalue weighted by molar-refractivity contribution is 8.00. The van der Waals surface area contributed by atoms with Crippen LogP contribution in [0.25, 0.3) is 0 Å². The average Bonchev–Trinajstić information content (AvgIpc) is 2.88. The maximum atomic E-state index is 13.5. The molecule has 3 rings (SSSR count). The van der Waals surface area contributed by atoms with Gasteiger partial charge in [-0.05, 0) is 34.7 Å². The van der Waals surface area contributed by atoms with Gasteiger partial charge in [0.1, 0.15) is 11.2 Å². The van der Waals surface area contributed by atoms with Crippen molar-refractivity contribution in [2.75, 3.05) is 10.7 Å². The van der Waals surface area contributed by atoms with E-state index in [2.05, 4.69) is 45.0 Å². The summed E-state index contributed by atoms with van der Waals surface area (Å²) in [5.74, 6) is 0.113. The third kappa shape index (κ3) is 3.27. The molecule has 1 atom stereocenters. The Kier molecular flexibility index (Phi) is 4.19. The van der Waals surface area contributed by atoms with Crippen LogP contribution in [0, 0.1) is 5.82 Å². The highest BCUT2D eigenvalue weighted by atomic mass is 32.2. The second-order valence-corrected chi connectivity index (χ2v) is 7.85. The van der Waals surface area contributed by atoms with E-state index in [-0.39, 0.29) is 22.5 Å². The molecule has 1 amide bonds. The highest BCUT2D eigenvalue weighted by Gasteiger charge is 2.34. The van der Waals surface area contributed by atoms with Gasteiger partial charge in [-0.1, -0.05) is 51.1 Å². The molecule has 1 aliphatic heterocycles. The smallest absolute Gasteiger partial charge is 0.238 e. The first-order chi connectivity index (χ1) is 10.9. The third-order valence-electron chi connectivity index (χ3n) is 4.02. The summed E-state index contributed by atoms with van der Waals surface area (Å²) in [5.41, 5.74) is 3.04. The van der Waals surface area contributed by atoms with Gasteiger partial charge in [-0.2, -0.15) is 0 Å². The summed E-state index contributed by atoms with van der Waals surface area (Å²) < 4.78 is 13.5. The van der Waals surface area contributed by atoms with E-state index in [1.54, 1.807) is 28.8 Å². The Morgan fingerprint density at radius 1 is 1.13 bits per heavy atom. The van der Waals surface area contributed by atoms with E-state index in [4.69, 9.17) is 0 Å². The maximum absolute atomic E-state index is 13.5. The third-order valence-corrected chi connectivity index (χ3v) is 5.23. The Morgan fingerprint density at radius 2 is 1.83 bits per heavy atom. The molecule has 0 saturated carbocycles. The number of thioether (sulfide) groups is 1. The van der Waals surface area contributed by atoms with E-state index < -0.39 is 0 Å². The summed E-state index contributed by atoms with van der Waals surface area (Å²) in [5, 5.41) is -0.0988. The molecule has 0 N–H and O–H groups in total. The van der Waals surface area contributed by atoms with E-state index >= 15 is 0 Å². The first kappa shape index (κ1) is 16.1. The van der Waals surface area contributed by atoms with Crippen molar-refractivity contribution in [3.05, 3.63) is 65.5 Å². The first-order valence-electron chi connectivity index (χ1n) is 7.66. The van der Waals surface area contributed by atoms with Gasteiger partial charge >= 0.3 is 0 Å². The molecule has 0 radical (unpaired) electrons. The molecule has 0 aliphatic carbocycles. The minimum atomic E-state index is -0.325. The molecule has 1 fully saturated rings. The van der Waals surface area contributed by atoms with Gasteiger partial charge in [0.05, 0.1) is 5.75 Å². The zero-order valence-corrected chi connectivity index (χ0v) is 14.4. The van der Waals surface area contributed by atoms with Gasteiger partial charge in [-0.15, -0.1) is 11.8 Å². The summed E-state index contributed by atoms with van der Waals surface area (Å²) in [6, 6.07) is 14.6. The molecule has 2 aromatic rings. The van der Waals surface area contributed by atoms with Crippen molar-refractivity contribution in [2.24, 2.45) is 0 Å². The number of hydrogen-bond acceptors (Lipinski definition) is 2. The van der Waals surface area contributed by atoms with Crippen molar-refractivity contribution in [1.82, 2.24) is 0 Å². The standard InChI is InChI=1S/C19H20FNOS/c1-19(2,3)14-9-7-13(8-10-14)18-21(17(22)12-23-18)16-6-4-5-15(20)11-16/h4-11,18H,12H2,1-3H3/t18-/m1/s1. The van der Waals surface area contributed by atoms with Crippen molar-refractivity contribution >= 4 is 23.4 Å². The average molecular weight is 329 g/mol. The largest absolute Gasteiger partial charge is 0.295 e. The van der Waals surface area contributed by atoms with Crippen molar-refractivity contribution in [1.29, 1.82) is 0 Å². The molecule has 2 nitrogen and oxygen atoms in total. The Bertz CT molecular complexity index is 721. The quantitative estimate of drug-likeness (QED) is 0.781. The molecule has 120 valence electrons. The predicted molar refractivity (Wildman–Crippen MR) is 94.2 cm³/mol. The van der Waals surface area contributed by atoms with Crippen LogP contribution >= 0.6 is 11.8 Å². The van der Waals surface area contributed by atoms with Gasteiger partial charge in [0.15, 0.2) is 0 Å². The Balaban J connectivity index is 1.93. The monoisotopic (exact) mass is 329 g/mol. The fourth-order valence-corrected chi connectivity index (χ4v) is 3.90. The van der Waals surface area contributed by atoms with Gasteiger partial charge in [0.2, 0.25) is 5.91 Å². The Morgan fingerprint density at radius 3 is 2.43 bits per heavy atom. The first-order valence-corrected chi connectivity index (χ1v) is 8.71. The number of amides is 1. The number of benzene rings is 2. The van der Waals surface area contributed by atoms with Crippen molar-refractivity contribution in [3.8, 4) is 0 Å². The predicted octanol–water partition coefficient (Wildman–Crippen LogP) is 4.90. The summed E-state index contributed by atoms with van der Waals surface area (Å²) in [4.78, 5) is 14.0. The summed E-state index contributed by atoms with van der Waals surface area (Å²) >= 11 is 1.58. The fraction of sp³-hybridized carbons (Fsp3) is 0.316. The van der Waals surface area contributed by atoms with Crippen LogP contribution in [0.15, 0.2) is 48.5 Å². The van der Waals surface area contributed by atoms with Crippen molar-refractivity contribution in [2.45, 2.75) is 31.6 Å². The summed E-state index contributed by atoms with van der Waals surface area (Å²) in [6.45, 7) is 6.53. The lowest BCUT2D eigenvalue weighted by molar-refractivity contribution is -0.115. The van der Waals surface area contributed by atoms with E-state index in [1.807, 2.05) is 0 Å². The number of halogens is 1. The molecule has 23 heavy (non-hydrogen) atoms. The van der Waals surface area contributed by atoms with E-state index in [0.29, 0.717) is 11.4 Å². The molecule has 2 aromatic carbocycles. The number of rotatable bonds is 2. The molecule has 0 bridgehead atoms. The van der Waals surface area contributed by atoms with E-state index in [0.717, 1.165) is 5.56 Å². The molecule has 1 heterocycles. The summed E-state index contributed by atoms with van der Waals surface area (Å²) in [7, 11) is 0. The van der Waals surface area contributed by atoms with Crippen molar-refractivity contribution in [3.63, 3.8) is 0 Å². The number of nitrogens with zero attached hydrogens (tertiary/aromatic N) is 1. The topological polar surface area (TPSA) is 20.3 Å². The van der Waals surface area contributed by atoms with E-state index in [1.165, 1.54) is 17.7 Å². The van der Waals surface area contributed by atoms with Gasteiger partial charge in [-0.25, -0.2) is 4.39 Å². The zero-order chi connectivity index (χ0) is 16.6. The number of hydrogen-bond donors (Lipinski definition) is 0. The van der Waals surface area contributed by atoms with Crippen LogP contribution in [0.4, 0.5) is 10.1 Å². The molecule has 1 aliphatic rings. The molecule has 0 spiro atoms. The van der Waals surface area contributed by atoms with Crippen LogP contribution in [0.5, 0.6) is 0 Å². The zero-order valence-electron chi connectivity index (χ0n) is 13.5. The van der Waals surface area contributed by atoms with Crippen LogP contribution < -0.4 is 4.90 Å². The summed E-state index contributed by atoms with van der Waals surface area (Å²) in [6.07, 6.45) is 0. The molecule has 0 unspecified atom stereocenters. The van der Waals surface area contributed by atoms with Gasteiger partial charge in [-0.3, -0.25) is 9.69 Å². The molecular formula is C19H20FNOS. The SMILES string of the molecule is CC(C)(C)c1ccc([C@H]2SCC(=O)N2c2cccc(F)c2)cc1. The second kappa shape index (κ2) is 6.00. The van der Waals surface area contributed by atoms with Gasteiger partial charge in [0, 0.05) is 5.69 Å². The Labute approximate surface area is 140 Å². The minimum Gasteiger partial charge on any atom is -0.295 e. The molecule has 0 aromatic heterocycles. The molecular weight excluding hydrogens is 309 g/mol.